The molecule has 0 unspecified atom stereocenters. The predicted octanol–water partition coefficient (Wildman–Crippen LogP) is 5.42. The van der Waals surface area contributed by atoms with Crippen molar-refractivity contribution in [3.8, 4) is 28.3 Å². The average molecular weight is 587 g/mol. The van der Waals surface area contributed by atoms with E-state index < -0.39 is 0 Å². The molecule has 2 aromatic carbocycles. The summed E-state index contributed by atoms with van der Waals surface area (Å²) in [5.41, 5.74) is 20.1. The van der Waals surface area contributed by atoms with Gasteiger partial charge in [-0.25, -0.2) is 15.0 Å². The fourth-order valence-electron chi connectivity index (χ4n) is 6.52. The molecule has 5 aromatic rings. The number of anilines is 2. The maximum Gasteiger partial charge on any atom is 0.223 e. The summed E-state index contributed by atoms with van der Waals surface area (Å²) in [6.07, 6.45) is 6.57. The first-order valence-electron chi connectivity index (χ1n) is 15.6. The van der Waals surface area contributed by atoms with Crippen LogP contribution in [-0.2, 0) is 10.3 Å². The Hall–Kier alpha value is -4.76. The van der Waals surface area contributed by atoms with E-state index >= 15 is 0 Å². The molecule has 1 amide bonds. The minimum absolute atomic E-state index is 0.0833. The van der Waals surface area contributed by atoms with Crippen LogP contribution in [0.3, 0.4) is 0 Å². The standard InChI is InChI=1S/C35H38N8O/c1-2-38-34(44)23-15-20-42(21-16-23)27-7-3-6-24(22-27)29-13-14-30-33(40-29)43(32(41-30)28-8-4-19-39-31(28)36)26-11-9-25(10-12-26)35(37)17-5-18-35/h3-4,6-14,19,22-23H,2,5,15-18,20-21,37H2,1H3,(H2,36,39)(H,38,44). The van der Waals surface area contributed by atoms with Gasteiger partial charge in [0.25, 0.3) is 0 Å². The van der Waals surface area contributed by atoms with Gasteiger partial charge in [-0.15, -0.1) is 0 Å². The maximum absolute atomic E-state index is 12.3. The van der Waals surface area contributed by atoms with Gasteiger partial charge in [-0.2, -0.15) is 0 Å². The summed E-state index contributed by atoms with van der Waals surface area (Å²) in [6.45, 7) is 4.34. The molecule has 4 heterocycles. The molecule has 0 atom stereocenters. The number of nitrogens with one attached hydrogen (secondary N) is 1. The Morgan fingerprint density at radius 2 is 1.77 bits per heavy atom. The quantitative estimate of drug-likeness (QED) is 0.232. The first-order valence-corrected chi connectivity index (χ1v) is 15.6. The van der Waals surface area contributed by atoms with E-state index in [-0.39, 0.29) is 17.4 Å². The molecule has 7 rings (SSSR count). The molecule has 9 nitrogen and oxygen atoms in total. The van der Waals surface area contributed by atoms with Crippen molar-refractivity contribution in [2.75, 3.05) is 30.3 Å². The molecule has 5 N–H and O–H groups in total. The van der Waals surface area contributed by atoms with Crippen LogP contribution in [0.15, 0.2) is 79.0 Å². The van der Waals surface area contributed by atoms with Gasteiger partial charge in [-0.05, 0) is 93.1 Å². The molecule has 2 fully saturated rings. The number of nitrogen functional groups attached to an aromatic ring is 1. The molecule has 1 saturated carbocycles. The second-order valence-corrected chi connectivity index (χ2v) is 12.0. The SMILES string of the molecule is CCNC(=O)C1CCN(c2cccc(-c3ccc4nc(-c5cccnc5N)n(-c5ccc(C6(N)CCC6)cc5)c4n3)c2)CC1. The Bertz CT molecular complexity index is 1820. The molecule has 3 aromatic heterocycles. The predicted molar refractivity (Wildman–Crippen MR) is 175 cm³/mol. The highest BCUT2D eigenvalue weighted by molar-refractivity contribution is 5.85. The highest BCUT2D eigenvalue weighted by Gasteiger charge is 2.34. The lowest BCUT2D eigenvalue weighted by Crippen LogP contribution is -2.43. The topological polar surface area (TPSA) is 128 Å². The van der Waals surface area contributed by atoms with Gasteiger partial charge in [0.1, 0.15) is 11.3 Å². The summed E-state index contributed by atoms with van der Waals surface area (Å²) in [5, 5.41) is 2.97. The lowest BCUT2D eigenvalue weighted by Gasteiger charge is -2.38. The first kappa shape index (κ1) is 28.0. The van der Waals surface area contributed by atoms with Crippen molar-refractivity contribution < 1.29 is 4.79 Å². The summed E-state index contributed by atoms with van der Waals surface area (Å²) in [6, 6.07) is 24.8. The number of carbonyl (C=O) groups is 1. The van der Waals surface area contributed by atoms with Crippen LogP contribution >= 0.6 is 0 Å². The van der Waals surface area contributed by atoms with Crippen molar-refractivity contribution in [1.82, 2.24) is 24.8 Å². The van der Waals surface area contributed by atoms with Gasteiger partial charge in [0.15, 0.2) is 11.5 Å². The molecular formula is C35H38N8O. The molecular weight excluding hydrogens is 548 g/mol. The van der Waals surface area contributed by atoms with Crippen molar-refractivity contribution in [3.05, 3.63) is 84.6 Å². The number of nitrogens with zero attached hydrogens (tertiary/aromatic N) is 5. The van der Waals surface area contributed by atoms with Gasteiger partial charge in [0.2, 0.25) is 5.91 Å². The highest BCUT2D eigenvalue weighted by Crippen LogP contribution is 2.39. The number of piperidine rings is 1. The summed E-state index contributed by atoms with van der Waals surface area (Å²) >= 11 is 0. The Labute approximate surface area is 257 Å². The summed E-state index contributed by atoms with van der Waals surface area (Å²) in [4.78, 5) is 29.2. The zero-order valence-electron chi connectivity index (χ0n) is 25.0. The van der Waals surface area contributed by atoms with E-state index in [2.05, 4.69) is 68.3 Å². The Morgan fingerprint density at radius 3 is 2.48 bits per heavy atom. The Morgan fingerprint density at radius 1 is 0.977 bits per heavy atom. The van der Waals surface area contributed by atoms with Crippen molar-refractivity contribution in [2.45, 2.75) is 44.6 Å². The van der Waals surface area contributed by atoms with Crippen molar-refractivity contribution in [2.24, 2.45) is 11.7 Å². The van der Waals surface area contributed by atoms with Gasteiger partial charge in [0.05, 0.1) is 11.3 Å². The second-order valence-electron chi connectivity index (χ2n) is 12.0. The van der Waals surface area contributed by atoms with Gasteiger partial charge in [0, 0.05) is 54.2 Å². The number of nitrogens with two attached hydrogens (primary N) is 2. The van der Waals surface area contributed by atoms with Crippen LogP contribution in [0, 0.1) is 5.92 Å². The number of carbonyl (C=O) groups excluding carboxylic acids is 1. The average Bonchev–Trinajstić information content (AvgIpc) is 3.43. The number of amides is 1. The number of pyridine rings is 2. The molecule has 1 aliphatic heterocycles. The lowest BCUT2D eigenvalue weighted by atomic mass is 9.73. The minimum Gasteiger partial charge on any atom is -0.383 e. The van der Waals surface area contributed by atoms with Crippen molar-refractivity contribution >= 4 is 28.6 Å². The van der Waals surface area contributed by atoms with Crippen LogP contribution in [0.1, 0.15) is 44.6 Å². The third kappa shape index (κ3) is 5.07. The third-order valence-electron chi connectivity index (χ3n) is 9.25. The number of imidazole rings is 1. The first-order chi connectivity index (χ1) is 21.4. The fourth-order valence-corrected chi connectivity index (χ4v) is 6.52. The van der Waals surface area contributed by atoms with Crippen LogP contribution in [-0.4, -0.2) is 45.1 Å². The van der Waals surface area contributed by atoms with Gasteiger partial charge in [-0.1, -0.05) is 24.3 Å². The summed E-state index contributed by atoms with van der Waals surface area (Å²) < 4.78 is 2.07. The van der Waals surface area contributed by atoms with Gasteiger partial charge in [-0.3, -0.25) is 9.36 Å². The van der Waals surface area contributed by atoms with E-state index in [1.165, 1.54) is 0 Å². The highest BCUT2D eigenvalue weighted by atomic mass is 16.1. The molecule has 224 valence electrons. The van der Waals surface area contributed by atoms with Gasteiger partial charge < -0.3 is 21.7 Å². The van der Waals surface area contributed by atoms with E-state index in [9.17, 15) is 4.79 Å². The molecule has 1 aliphatic carbocycles. The number of aromatic nitrogens is 4. The smallest absolute Gasteiger partial charge is 0.223 e. The minimum atomic E-state index is -0.236. The fraction of sp³-hybridized carbons (Fsp3) is 0.314. The zero-order chi connectivity index (χ0) is 30.3. The van der Waals surface area contributed by atoms with Crippen LogP contribution in [0.4, 0.5) is 11.5 Å². The van der Waals surface area contributed by atoms with E-state index in [1.807, 2.05) is 31.2 Å². The maximum atomic E-state index is 12.3. The summed E-state index contributed by atoms with van der Waals surface area (Å²) in [7, 11) is 0. The number of hydrogen-bond acceptors (Lipinski definition) is 7. The number of rotatable bonds is 7. The summed E-state index contributed by atoms with van der Waals surface area (Å²) in [5.74, 6) is 1.36. The Balaban J connectivity index is 1.26. The number of benzene rings is 2. The van der Waals surface area contributed by atoms with Crippen molar-refractivity contribution in [1.29, 1.82) is 0 Å². The monoisotopic (exact) mass is 586 g/mol. The van der Waals surface area contributed by atoms with Crippen LogP contribution in [0.5, 0.6) is 0 Å². The van der Waals surface area contributed by atoms with E-state index in [0.29, 0.717) is 18.2 Å². The molecule has 2 aliphatic rings. The van der Waals surface area contributed by atoms with Gasteiger partial charge >= 0.3 is 0 Å². The normalized spacial score (nSPS) is 16.5. The molecule has 0 bridgehead atoms. The van der Waals surface area contributed by atoms with E-state index in [0.717, 1.165) is 90.1 Å². The number of fused-ring (bicyclic) bond motifs is 1. The number of hydrogen-bond donors (Lipinski definition) is 3. The zero-order valence-corrected chi connectivity index (χ0v) is 25.0. The van der Waals surface area contributed by atoms with E-state index in [4.69, 9.17) is 21.4 Å². The Kier molecular flexibility index (Phi) is 7.26. The van der Waals surface area contributed by atoms with E-state index in [1.54, 1.807) is 6.20 Å². The van der Waals surface area contributed by atoms with Crippen LogP contribution < -0.4 is 21.7 Å². The third-order valence-corrected chi connectivity index (χ3v) is 9.25. The molecule has 9 heteroatoms. The second kappa shape index (κ2) is 11.4. The van der Waals surface area contributed by atoms with Crippen molar-refractivity contribution in [3.63, 3.8) is 0 Å². The molecule has 0 spiro atoms. The molecule has 1 saturated heterocycles. The largest absolute Gasteiger partial charge is 0.383 e. The van der Waals surface area contributed by atoms with Crippen LogP contribution in [0.25, 0.3) is 39.5 Å². The molecule has 44 heavy (non-hydrogen) atoms. The molecule has 0 radical (unpaired) electrons. The van der Waals surface area contributed by atoms with Crippen LogP contribution in [0.2, 0.25) is 0 Å². The lowest BCUT2D eigenvalue weighted by molar-refractivity contribution is -0.125.